The molecular weight excluding hydrogens is 146 g/mol. The fourth-order valence-electron chi connectivity index (χ4n) is 1.00. The van der Waals surface area contributed by atoms with Crippen molar-refractivity contribution in [1.29, 1.82) is 5.26 Å². The fourth-order valence-corrected chi connectivity index (χ4v) is 1.00. The summed E-state index contributed by atoms with van der Waals surface area (Å²) in [4.78, 5) is 0. The zero-order valence-electron chi connectivity index (χ0n) is 8.01. The summed E-state index contributed by atoms with van der Waals surface area (Å²) in [5.74, 6) is 0. The van der Waals surface area contributed by atoms with Gasteiger partial charge in [-0.15, -0.1) is 6.58 Å². The molecule has 0 aliphatic heterocycles. The quantitative estimate of drug-likeness (QED) is 0.569. The summed E-state index contributed by atoms with van der Waals surface area (Å²) in [5.41, 5.74) is -0.342. The first-order chi connectivity index (χ1) is 5.74. The second-order valence-corrected chi connectivity index (χ2v) is 2.91. The Morgan fingerprint density at radius 1 is 1.42 bits per heavy atom. The van der Waals surface area contributed by atoms with Gasteiger partial charge in [-0.1, -0.05) is 32.1 Å². The average Bonchev–Trinajstić information content (AvgIpc) is 2.14. The average molecular weight is 163 g/mol. The minimum absolute atomic E-state index is 0.342. The smallest absolute Gasteiger partial charge is 0.0782 e. The van der Waals surface area contributed by atoms with E-state index in [4.69, 9.17) is 5.26 Å². The van der Waals surface area contributed by atoms with Crippen molar-refractivity contribution in [1.82, 2.24) is 0 Å². The van der Waals surface area contributed by atoms with E-state index in [1.54, 1.807) is 6.08 Å². The fraction of sp³-hybridized carbons (Fsp3) is 0.545. The molecule has 66 valence electrons. The third-order valence-electron chi connectivity index (χ3n) is 2.13. The number of nitrogens with zero attached hydrogens (tertiary/aromatic N) is 1. The Balaban J connectivity index is 4.23. The zero-order chi connectivity index (χ0) is 9.45. The van der Waals surface area contributed by atoms with Crippen molar-refractivity contribution in [2.75, 3.05) is 0 Å². The van der Waals surface area contributed by atoms with Crippen LogP contribution in [0.3, 0.4) is 0 Å². The summed E-state index contributed by atoms with van der Waals surface area (Å²) in [7, 11) is 0. The molecule has 0 aromatic carbocycles. The first-order valence-electron chi connectivity index (χ1n) is 4.44. The van der Waals surface area contributed by atoms with E-state index in [0.717, 1.165) is 19.3 Å². The van der Waals surface area contributed by atoms with Gasteiger partial charge in [-0.05, 0) is 19.3 Å². The molecule has 0 amide bonds. The highest BCUT2D eigenvalue weighted by atomic mass is 14.3. The standard InChI is InChI=1S/C11H17N/c1-4-7-8-9-11(5-2,6-3)10-12/h5,7-8H,2,4,6,9H2,1,3H3. The van der Waals surface area contributed by atoms with Crippen LogP contribution in [0.4, 0.5) is 0 Å². The van der Waals surface area contributed by atoms with Gasteiger partial charge in [0.05, 0.1) is 11.5 Å². The van der Waals surface area contributed by atoms with Crippen LogP contribution < -0.4 is 0 Å². The molecule has 1 heteroatoms. The molecule has 12 heavy (non-hydrogen) atoms. The van der Waals surface area contributed by atoms with E-state index in [2.05, 4.69) is 31.7 Å². The maximum absolute atomic E-state index is 8.92. The molecule has 0 saturated carbocycles. The summed E-state index contributed by atoms with van der Waals surface area (Å²) in [6.07, 6.45) is 8.56. The predicted octanol–water partition coefficient (Wildman–Crippen LogP) is 3.45. The maximum Gasteiger partial charge on any atom is 0.0782 e. The van der Waals surface area contributed by atoms with Gasteiger partial charge in [-0.2, -0.15) is 5.26 Å². The van der Waals surface area contributed by atoms with E-state index in [9.17, 15) is 0 Å². The number of allylic oxidation sites excluding steroid dienone is 3. The van der Waals surface area contributed by atoms with Crippen molar-refractivity contribution >= 4 is 0 Å². The van der Waals surface area contributed by atoms with Crippen LogP contribution in [0.15, 0.2) is 24.8 Å². The van der Waals surface area contributed by atoms with Crippen LogP contribution in [0.1, 0.15) is 33.1 Å². The van der Waals surface area contributed by atoms with Crippen LogP contribution in [0, 0.1) is 16.7 Å². The molecule has 1 atom stereocenters. The molecule has 1 nitrogen and oxygen atoms in total. The van der Waals surface area contributed by atoms with Crippen LogP contribution in [0.2, 0.25) is 0 Å². The largest absolute Gasteiger partial charge is 0.197 e. The summed E-state index contributed by atoms with van der Waals surface area (Å²) >= 11 is 0. The van der Waals surface area contributed by atoms with Crippen molar-refractivity contribution in [2.24, 2.45) is 5.41 Å². The van der Waals surface area contributed by atoms with Crippen molar-refractivity contribution in [3.8, 4) is 6.07 Å². The number of nitriles is 1. The number of hydrogen-bond acceptors (Lipinski definition) is 1. The van der Waals surface area contributed by atoms with Gasteiger partial charge in [0.1, 0.15) is 0 Å². The lowest BCUT2D eigenvalue weighted by molar-refractivity contribution is 0.496. The van der Waals surface area contributed by atoms with Gasteiger partial charge in [-0.3, -0.25) is 0 Å². The Bertz CT molecular complexity index is 198. The molecule has 0 N–H and O–H groups in total. The van der Waals surface area contributed by atoms with Crippen molar-refractivity contribution in [2.45, 2.75) is 33.1 Å². The minimum Gasteiger partial charge on any atom is -0.197 e. The highest BCUT2D eigenvalue weighted by Gasteiger charge is 2.21. The zero-order valence-corrected chi connectivity index (χ0v) is 8.01. The first kappa shape index (κ1) is 11.0. The third-order valence-corrected chi connectivity index (χ3v) is 2.13. The predicted molar refractivity (Wildman–Crippen MR) is 52.6 cm³/mol. The Morgan fingerprint density at radius 2 is 2.08 bits per heavy atom. The van der Waals surface area contributed by atoms with E-state index in [1.165, 1.54) is 0 Å². The van der Waals surface area contributed by atoms with Crippen LogP contribution in [0.25, 0.3) is 0 Å². The molecule has 0 aliphatic rings. The highest BCUT2D eigenvalue weighted by molar-refractivity contribution is 5.12. The van der Waals surface area contributed by atoms with Gasteiger partial charge >= 0.3 is 0 Å². The molecule has 0 radical (unpaired) electrons. The topological polar surface area (TPSA) is 23.8 Å². The molecule has 1 unspecified atom stereocenters. The highest BCUT2D eigenvalue weighted by Crippen LogP contribution is 2.27. The second-order valence-electron chi connectivity index (χ2n) is 2.91. The Hall–Kier alpha value is -1.03. The summed E-state index contributed by atoms with van der Waals surface area (Å²) < 4.78 is 0. The normalized spacial score (nSPS) is 15.4. The van der Waals surface area contributed by atoms with Gasteiger partial charge < -0.3 is 0 Å². The van der Waals surface area contributed by atoms with E-state index in [1.807, 2.05) is 6.92 Å². The molecule has 0 aromatic rings. The Kier molecular flexibility index (Phi) is 5.12. The van der Waals surface area contributed by atoms with E-state index >= 15 is 0 Å². The molecule has 0 aromatic heterocycles. The third kappa shape index (κ3) is 2.92. The van der Waals surface area contributed by atoms with Crippen molar-refractivity contribution in [3.05, 3.63) is 24.8 Å². The number of hydrogen-bond donors (Lipinski definition) is 0. The monoisotopic (exact) mass is 163 g/mol. The first-order valence-corrected chi connectivity index (χ1v) is 4.44. The van der Waals surface area contributed by atoms with Crippen LogP contribution >= 0.6 is 0 Å². The molecule has 0 heterocycles. The van der Waals surface area contributed by atoms with Crippen molar-refractivity contribution < 1.29 is 0 Å². The second kappa shape index (κ2) is 5.60. The Labute approximate surface area is 75.4 Å². The lowest BCUT2D eigenvalue weighted by Crippen LogP contribution is -2.12. The van der Waals surface area contributed by atoms with Crippen LogP contribution in [-0.2, 0) is 0 Å². The Morgan fingerprint density at radius 3 is 2.42 bits per heavy atom. The molecule has 0 fully saturated rings. The molecule has 0 bridgehead atoms. The lowest BCUT2D eigenvalue weighted by Gasteiger charge is -2.17. The van der Waals surface area contributed by atoms with Gasteiger partial charge in [0.25, 0.3) is 0 Å². The molecular formula is C11H17N. The SMILES string of the molecule is C=CC(C#N)(CC)CC=CCC. The number of rotatable bonds is 5. The molecule has 0 rings (SSSR count). The van der Waals surface area contributed by atoms with E-state index < -0.39 is 0 Å². The summed E-state index contributed by atoms with van der Waals surface area (Å²) in [6.45, 7) is 7.80. The van der Waals surface area contributed by atoms with E-state index in [-0.39, 0.29) is 5.41 Å². The minimum atomic E-state index is -0.342. The molecule has 0 aliphatic carbocycles. The van der Waals surface area contributed by atoms with Crippen LogP contribution in [-0.4, -0.2) is 0 Å². The van der Waals surface area contributed by atoms with Gasteiger partial charge in [0.15, 0.2) is 0 Å². The van der Waals surface area contributed by atoms with Gasteiger partial charge in [0, 0.05) is 0 Å². The maximum atomic E-state index is 8.92. The van der Waals surface area contributed by atoms with Crippen molar-refractivity contribution in [3.63, 3.8) is 0 Å². The molecule has 0 saturated heterocycles. The summed E-state index contributed by atoms with van der Waals surface area (Å²) in [6, 6.07) is 2.30. The lowest BCUT2D eigenvalue weighted by atomic mass is 9.83. The van der Waals surface area contributed by atoms with Gasteiger partial charge in [0.2, 0.25) is 0 Å². The van der Waals surface area contributed by atoms with Crippen LogP contribution in [0.5, 0.6) is 0 Å². The van der Waals surface area contributed by atoms with E-state index in [0.29, 0.717) is 0 Å². The summed E-state index contributed by atoms with van der Waals surface area (Å²) in [5, 5.41) is 8.92. The molecule has 0 spiro atoms. The van der Waals surface area contributed by atoms with Gasteiger partial charge in [-0.25, -0.2) is 0 Å².